The van der Waals surface area contributed by atoms with Gasteiger partial charge < -0.3 is 5.32 Å². The Morgan fingerprint density at radius 2 is 1.90 bits per heavy atom. The zero-order chi connectivity index (χ0) is 16.4. The number of sulfone groups is 1. The molecular weight excluding hydrogens is 322 g/mol. The van der Waals surface area contributed by atoms with Crippen LogP contribution < -0.4 is 10.5 Å². The maximum atomic E-state index is 11.4. The van der Waals surface area contributed by atoms with Crippen LogP contribution in [0.15, 0.2) is 23.1 Å². The van der Waals surface area contributed by atoms with Crippen LogP contribution in [0.2, 0.25) is 0 Å². The molecule has 0 saturated heterocycles. The normalized spacial score (nSPS) is 13.7. The summed E-state index contributed by atoms with van der Waals surface area (Å²) >= 11 is 0. The van der Waals surface area contributed by atoms with Gasteiger partial charge in [0, 0.05) is 18.9 Å². The van der Waals surface area contributed by atoms with Crippen molar-refractivity contribution in [2.45, 2.75) is 17.1 Å². The third kappa shape index (κ3) is 4.65. The quantitative estimate of drug-likeness (QED) is 0.551. The highest BCUT2D eigenvalue weighted by atomic mass is 32.2. The molecule has 21 heavy (non-hydrogen) atoms. The van der Waals surface area contributed by atoms with Crippen molar-refractivity contribution in [2.75, 3.05) is 18.1 Å². The summed E-state index contributed by atoms with van der Waals surface area (Å²) in [4.78, 5) is 10.0. The van der Waals surface area contributed by atoms with E-state index in [9.17, 15) is 26.9 Å². The van der Waals surface area contributed by atoms with Crippen molar-refractivity contribution in [1.29, 1.82) is 0 Å². The standard InChI is InChI=1S/C10H15N3O6S2/c1-7(21(11,18)19)6-12-9-4-3-8(20(2,16)17)5-10(9)13(14)15/h3-5,7,12H,6H2,1-2H3,(H2,11,18,19)/t7-/m1/s1. The number of rotatable bonds is 6. The molecule has 0 saturated carbocycles. The summed E-state index contributed by atoms with van der Waals surface area (Å²) in [6, 6.07) is 3.33. The first kappa shape index (κ1) is 17.3. The monoisotopic (exact) mass is 337 g/mol. The van der Waals surface area contributed by atoms with Crippen LogP contribution in [0, 0.1) is 10.1 Å². The Morgan fingerprint density at radius 3 is 2.33 bits per heavy atom. The van der Waals surface area contributed by atoms with Gasteiger partial charge in [-0.2, -0.15) is 0 Å². The number of nitrogens with one attached hydrogen (secondary N) is 1. The van der Waals surface area contributed by atoms with Gasteiger partial charge in [-0.1, -0.05) is 0 Å². The fraction of sp³-hybridized carbons (Fsp3) is 0.400. The molecule has 0 heterocycles. The Kier molecular flexibility index (Phi) is 4.91. The summed E-state index contributed by atoms with van der Waals surface area (Å²) in [5.41, 5.74) is -0.442. The van der Waals surface area contributed by atoms with E-state index in [0.717, 1.165) is 12.3 Å². The molecule has 0 unspecified atom stereocenters. The predicted molar refractivity (Wildman–Crippen MR) is 77.3 cm³/mol. The van der Waals surface area contributed by atoms with E-state index in [1.807, 2.05) is 0 Å². The summed E-state index contributed by atoms with van der Waals surface area (Å²) in [7, 11) is -7.34. The molecule has 0 spiro atoms. The van der Waals surface area contributed by atoms with Gasteiger partial charge >= 0.3 is 0 Å². The van der Waals surface area contributed by atoms with Crippen LogP contribution in [0.5, 0.6) is 0 Å². The van der Waals surface area contributed by atoms with Gasteiger partial charge in [0.25, 0.3) is 5.69 Å². The maximum absolute atomic E-state index is 11.4. The Hall–Kier alpha value is -1.72. The fourth-order valence-electron chi connectivity index (χ4n) is 1.41. The number of nitrogens with zero attached hydrogens (tertiary/aromatic N) is 1. The molecule has 1 rings (SSSR count). The van der Waals surface area contributed by atoms with E-state index in [-0.39, 0.29) is 17.1 Å². The number of hydrogen-bond donors (Lipinski definition) is 2. The van der Waals surface area contributed by atoms with E-state index in [1.54, 1.807) is 0 Å². The molecule has 11 heteroatoms. The average Bonchev–Trinajstić information content (AvgIpc) is 2.33. The maximum Gasteiger partial charge on any atom is 0.293 e. The summed E-state index contributed by atoms with van der Waals surface area (Å²) in [6.07, 6.45) is 0.933. The number of nitro groups is 1. The molecule has 0 radical (unpaired) electrons. The average molecular weight is 337 g/mol. The molecule has 0 aromatic heterocycles. The minimum atomic E-state index is -3.77. The lowest BCUT2D eigenvalue weighted by Crippen LogP contribution is -2.31. The molecule has 0 bridgehead atoms. The Bertz CT molecular complexity index is 757. The molecule has 3 N–H and O–H groups in total. The van der Waals surface area contributed by atoms with Crippen LogP contribution >= 0.6 is 0 Å². The zero-order valence-electron chi connectivity index (χ0n) is 11.3. The largest absolute Gasteiger partial charge is 0.378 e. The Labute approximate surface area is 122 Å². The van der Waals surface area contributed by atoms with Crippen molar-refractivity contribution >= 4 is 31.2 Å². The predicted octanol–water partition coefficient (Wildman–Crippen LogP) is 0.0872. The molecular formula is C10H15N3O6S2. The molecule has 118 valence electrons. The number of primary sulfonamides is 1. The van der Waals surface area contributed by atoms with Crippen molar-refractivity contribution in [3.8, 4) is 0 Å². The topological polar surface area (TPSA) is 149 Å². The van der Waals surface area contributed by atoms with Crippen LogP contribution in [0.3, 0.4) is 0 Å². The molecule has 1 aromatic carbocycles. The van der Waals surface area contributed by atoms with Gasteiger partial charge in [-0.25, -0.2) is 22.0 Å². The molecule has 1 aromatic rings. The summed E-state index contributed by atoms with van der Waals surface area (Å²) in [5, 5.41) is 17.5. The lowest BCUT2D eigenvalue weighted by atomic mass is 10.2. The van der Waals surface area contributed by atoms with Crippen LogP contribution in [0.25, 0.3) is 0 Å². The molecule has 1 atom stereocenters. The molecule has 0 amide bonds. The van der Waals surface area contributed by atoms with Crippen molar-refractivity contribution in [1.82, 2.24) is 0 Å². The number of nitro benzene ring substituents is 1. The highest BCUT2D eigenvalue weighted by Gasteiger charge is 2.21. The number of hydrogen-bond acceptors (Lipinski definition) is 7. The van der Waals surface area contributed by atoms with Crippen LogP contribution in [0.1, 0.15) is 6.92 Å². The van der Waals surface area contributed by atoms with Crippen molar-refractivity contribution < 1.29 is 21.8 Å². The molecule has 0 fully saturated rings. The van der Waals surface area contributed by atoms with E-state index in [0.29, 0.717) is 0 Å². The lowest BCUT2D eigenvalue weighted by molar-refractivity contribution is -0.384. The molecule has 0 aliphatic carbocycles. The smallest absolute Gasteiger partial charge is 0.293 e. The van der Waals surface area contributed by atoms with Gasteiger partial charge in [0.05, 0.1) is 15.1 Å². The second kappa shape index (κ2) is 5.95. The number of nitrogens with two attached hydrogens (primary N) is 1. The van der Waals surface area contributed by atoms with E-state index >= 15 is 0 Å². The van der Waals surface area contributed by atoms with Crippen molar-refractivity contribution in [3.05, 3.63) is 28.3 Å². The van der Waals surface area contributed by atoms with E-state index in [2.05, 4.69) is 5.32 Å². The first-order chi connectivity index (χ1) is 9.43. The third-order valence-corrected chi connectivity index (χ3v) is 5.13. The van der Waals surface area contributed by atoms with Gasteiger partial charge in [-0.15, -0.1) is 0 Å². The number of benzene rings is 1. The first-order valence-electron chi connectivity index (χ1n) is 5.67. The number of anilines is 1. The minimum Gasteiger partial charge on any atom is -0.378 e. The van der Waals surface area contributed by atoms with E-state index < -0.39 is 35.7 Å². The second-order valence-electron chi connectivity index (χ2n) is 4.49. The van der Waals surface area contributed by atoms with Gasteiger partial charge in [0.1, 0.15) is 5.69 Å². The van der Waals surface area contributed by atoms with Gasteiger partial charge in [-0.05, 0) is 19.1 Å². The van der Waals surface area contributed by atoms with Gasteiger partial charge in [-0.3, -0.25) is 10.1 Å². The van der Waals surface area contributed by atoms with Crippen molar-refractivity contribution in [3.63, 3.8) is 0 Å². The lowest BCUT2D eigenvalue weighted by Gasteiger charge is -2.12. The van der Waals surface area contributed by atoms with Crippen molar-refractivity contribution in [2.24, 2.45) is 5.14 Å². The highest BCUT2D eigenvalue weighted by Crippen LogP contribution is 2.27. The van der Waals surface area contributed by atoms with Gasteiger partial charge in [0.2, 0.25) is 10.0 Å². The zero-order valence-corrected chi connectivity index (χ0v) is 12.9. The van der Waals surface area contributed by atoms with Crippen LogP contribution in [-0.4, -0.2) is 39.8 Å². The summed E-state index contributed by atoms with van der Waals surface area (Å²) in [6.45, 7) is 1.21. The second-order valence-corrected chi connectivity index (χ2v) is 8.49. The summed E-state index contributed by atoms with van der Waals surface area (Å²) < 4.78 is 44.9. The SMILES string of the molecule is C[C@H](CNc1ccc(S(C)(=O)=O)cc1[N+](=O)[O-])S(N)(=O)=O. The molecule has 0 aliphatic rings. The fourth-order valence-corrected chi connectivity index (χ4v) is 2.37. The Morgan fingerprint density at radius 1 is 1.33 bits per heavy atom. The van der Waals surface area contributed by atoms with E-state index in [1.165, 1.54) is 19.1 Å². The summed E-state index contributed by atoms with van der Waals surface area (Å²) in [5.74, 6) is 0. The third-order valence-electron chi connectivity index (χ3n) is 2.73. The van der Waals surface area contributed by atoms with Crippen LogP contribution in [-0.2, 0) is 19.9 Å². The first-order valence-corrected chi connectivity index (χ1v) is 9.17. The Balaban J connectivity index is 3.12. The minimum absolute atomic E-state index is 0.0166. The highest BCUT2D eigenvalue weighted by molar-refractivity contribution is 7.90. The van der Waals surface area contributed by atoms with Crippen LogP contribution in [0.4, 0.5) is 11.4 Å². The van der Waals surface area contributed by atoms with Gasteiger partial charge in [0.15, 0.2) is 9.84 Å². The number of sulfonamides is 1. The van der Waals surface area contributed by atoms with E-state index in [4.69, 9.17) is 5.14 Å². The molecule has 9 nitrogen and oxygen atoms in total. The molecule has 0 aliphatic heterocycles.